The average Bonchev–Trinajstić information content (AvgIpc) is 3.22. The van der Waals surface area contributed by atoms with Gasteiger partial charge in [0.15, 0.2) is 5.17 Å². The number of alkyl halides is 6. The predicted octanol–water partition coefficient (Wildman–Crippen LogP) is 6.77. The maximum atomic E-state index is 13.4. The molecule has 0 spiro atoms. The number of thioether (sulfide) groups is 1. The molecule has 2 aliphatic rings. The molecule has 0 saturated carbocycles. The maximum Gasteiger partial charge on any atom is 0.416 e. The molecular formula is C25H22F6N2O3S. The van der Waals surface area contributed by atoms with Crippen LogP contribution in [0, 0.1) is 0 Å². The molecule has 0 atom stereocenters. The number of aliphatic imine (C=N–C) groups is 1. The molecule has 12 heteroatoms. The van der Waals surface area contributed by atoms with Gasteiger partial charge < -0.3 is 14.4 Å². The fourth-order valence-corrected chi connectivity index (χ4v) is 4.92. The third-order valence-electron chi connectivity index (χ3n) is 5.86. The Labute approximate surface area is 213 Å². The summed E-state index contributed by atoms with van der Waals surface area (Å²) in [4.78, 5) is 19.1. The first-order valence-electron chi connectivity index (χ1n) is 11.3. The normalized spacial score (nSPS) is 17.8. The number of methoxy groups -OCH3 is 1. The Balaban J connectivity index is 1.50. The first-order chi connectivity index (χ1) is 17.5. The Kier molecular flexibility index (Phi) is 7.77. The molecular weight excluding hydrogens is 522 g/mol. The van der Waals surface area contributed by atoms with Crippen LogP contribution in [-0.2, 0) is 23.8 Å². The molecule has 2 aromatic carbocycles. The zero-order valence-corrected chi connectivity index (χ0v) is 20.4. The number of amides is 1. The molecule has 0 radical (unpaired) electrons. The number of hydrogen-bond donors (Lipinski definition) is 0. The minimum absolute atomic E-state index is 0.0745. The summed E-state index contributed by atoms with van der Waals surface area (Å²) in [5.41, 5.74) is -2.72. The SMILES string of the molecule is COc1cc(OCc2ccc(C(F)(F)F)cc2C(F)(F)F)ccc1C=C1SC(N2CCCCC2)=NC1=O. The number of hydrogen-bond acceptors (Lipinski definition) is 5. The van der Waals surface area contributed by atoms with Crippen LogP contribution in [-0.4, -0.2) is 36.2 Å². The molecule has 1 amide bonds. The number of ether oxygens (including phenoxy) is 2. The number of benzene rings is 2. The first kappa shape index (κ1) is 26.9. The van der Waals surface area contributed by atoms with Gasteiger partial charge in [0.1, 0.15) is 18.1 Å². The molecule has 0 N–H and O–H groups in total. The highest BCUT2D eigenvalue weighted by atomic mass is 32.2. The minimum Gasteiger partial charge on any atom is -0.496 e. The van der Waals surface area contributed by atoms with E-state index in [9.17, 15) is 31.1 Å². The van der Waals surface area contributed by atoms with Crippen molar-refractivity contribution in [3.8, 4) is 11.5 Å². The van der Waals surface area contributed by atoms with E-state index in [1.807, 2.05) is 0 Å². The molecule has 0 bridgehead atoms. The van der Waals surface area contributed by atoms with Gasteiger partial charge in [-0.15, -0.1) is 0 Å². The lowest BCUT2D eigenvalue weighted by Crippen LogP contribution is -2.33. The topological polar surface area (TPSA) is 51.1 Å². The molecule has 4 rings (SSSR count). The summed E-state index contributed by atoms with van der Waals surface area (Å²) in [6.07, 6.45) is -5.05. The maximum absolute atomic E-state index is 13.4. The van der Waals surface area contributed by atoms with Gasteiger partial charge in [0, 0.05) is 30.3 Å². The van der Waals surface area contributed by atoms with E-state index in [1.165, 1.54) is 31.0 Å². The van der Waals surface area contributed by atoms with Crippen molar-refractivity contribution in [1.29, 1.82) is 0 Å². The zero-order chi connectivity index (χ0) is 26.8. The van der Waals surface area contributed by atoms with Crippen LogP contribution < -0.4 is 9.47 Å². The Morgan fingerprint density at radius 2 is 1.73 bits per heavy atom. The third-order valence-corrected chi connectivity index (χ3v) is 6.91. The quantitative estimate of drug-likeness (QED) is 0.307. The van der Waals surface area contributed by atoms with Crippen LogP contribution in [0.3, 0.4) is 0 Å². The van der Waals surface area contributed by atoms with Crippen molar-refractivity contribution < 1.29 is 40.6 Å². The average molecular weight is 545 g/mol. The van der Waals surface area contributed by atoms with Crippen molar-refractivity contribution in [2.75, 3.05) is 20.2 Å². The number of carbonyl (C=O) groups is 1. The van der Waals surface area contributed by atoms with E-state index >= 15 is 0 Å². The summed E-state index contributed by atoms with van der Waals surface area (Å²) in [7, 11) is 1.39. The van der Waals surface area contributed by atoms with E-state index in [0.717, 1.165) is 38.4 Å². The highest BCUT2D eigenvalue weighted by Crippen LogP contribution is 2.38. The van der Waals surface area contributed by atoms with Crippen LogP contribution >= 0.6 is 11.8 Å². The Bertz CT molecular complexity index is 1230. The predicted molar refractivity (Wildman–Crippen MR) is 127 cm³/mol. The van der Waals surface area contributed by atoms with Crippen molar-refractivity contribution in [2.24, 2.45) is 4.99 Å². The van der Waals surface area contributed by atoms with Gasteiger partial charge in [0.05, 0.1) is 23.1 Å². The lowest BCUT2D eigenvalue weighted by atomic mass is 10.0. The molecule has 5 nitrogen and oxygen atoms in total. The summed E-state index contributed by atoms with van der Waals surface area (Å²) < 4.78 is 89.7. The van der Waals surface area contributed by atoms with Crippen LogP contribution in [0.1, 0.15) is 41.5 Å². The van der Waals surface area contributed by atoms with Crippen molar-refractivity contribution in [3.05, 3.63) is 63.6 Å². The summed E-state index contributed by atoms with van der Waals surface area (Å²) in [5, 5.41) is 0.659. The summed E-state index contributed by atoms with van der Waals surface area (Å²) in [5.74, 6) is 0.0749. The van der Waals surface area contributed by atoms with E-state index in [-0.39, 0.29) is 17.7 Å². The number of nitrogens with zero attached hydrogens (tertiary/aromatic N) is 2. The zero-order valence-electron chi connectivity index (χ0n) is 19.6. The van der Waals surface area contributed by atoms with Gasteiger partial charge in [0.2, 0.25) is 0 Å². The fourth-order valence-electron chi connectivity index (χ4n) is 3.96. The molecule has 37 heavy (non-hydrogen) atoms. The van der Waals surface area contributed by atoms with Crippen molar-refractivity contribution in [2.45, 2.75) is 38.2 Å². The van der Waals surface area contributed by atoms with E-state index in [1.54, 1.807) is 12.1 Å². The van der Waals surface area contributed by atoms with Crippen LogP contribution in [0.25, 0.3) is 6.08 Å². The van der Waals surface area contributed by atoms with E-state index in [0.29, 0.717) is 27.5 Å². The lowest BCUT2D eigenvalue weighted by Gasteiger charge is -2.27. The van der Waals surface area contributed by atoms with E-state index in [2.05, 4.69) is 9.89 Å². The standard InChI is InChI=1S/C25H22F6N2O3S/c1-35-20-13-18(36-14-16-5-7-17(24(26,27)28)12-19(16)25(29,30)31)8-6-15(20)11-21-22(34)32-23(37-21)33-9-3-2-4-10-33/h5-8,11-13H,2-4,9-10,14H2,1H3. The molecule has 1 fully saturated rings. The van der Waals surface area contributed by atoms with Crippen molar-refractivity contribution >= 4 is 28.9 Å². The van der Waals surface area contributed by atoms with Crippen LogP contribution in [0.2, 0.25) is 0 Å². The van der Waals surface area contributed by atoms with Crippen LogP contribution in [0.4, 0.5) is 26.3 Å². The van der Waals surface area contributed by atoms with Crippen molar-refractivity contribution in [1.82, 2.24) is 4.90 Å². The van der Waals surface area contributed by atoms with Gasteiger partial charge in [-0.1, -0.05) is 6.07 Å². The number of rotatable bonds is 5. The summed E-state index contributed by atoms with van der Waals surface area (Å²) >= 11 is 1.27. The smallest absolute Gasteiger partial charge is 0.416 e. The highest BCUT2D eigenvalue weighted by molar-refractivity contribution is 8.18. The van der Waals surface area contributed by atoms with E-state index in [4.69, 9.17) is 9.47 Å². The molecule has 0 aromatic heterocycles. The third kappa shape index (κ3) is 6.41. The highest BCUT2D eigenvalue weighted by Gasteiger charge is 2.38. The molecule has 2 heterocycles. The Hall–Kier alpha value is -3.15. The largest absolute Gasteiger partial charge is 0.496 e. The van der Waals surface area contributed by atoms with Gasteiger partial charge in [0.25, 0.3) is 5.91 Å². The second kappa shape index (κ2) is 10.7. The minimum atomic E-state index is -4.99. The molecule has 198 valence electrons. The second-order valence-electron chi connectivity index (χ2n) is 8.42. The molecule has 2 aromatic rings. The number of halogens is 6. The second-order valence-corrected chi connectivity index (χ2v) is 9.43. The first-order valence-corrected chi connectivity index (χ1v) is 12.1. The van der Waals surface area contributed by atoms with Gasteiger partial charge in [-0.2, -0.15) is 31.3 Å². The Morgan fingerprint density at radius 3 is 2.38 bits per heavy atom. The Morgan fingerprint density at radius 1 is 1.00 bits per heavy atom. The van der Waals surface area contributed by atoms with Gasteiger partial charge in [-0.3, -0.25) is 4.79 Å². The molecule has 1 saturated heterocycles. The summed E-state index contributed by atoms with van der Waals surface area (Å²) in [6, 6.07) is 5.89. The van der Waals surface area contributed by atoms with Crippen LogP contribution in [0.5, 0.6) is 11.5 Å². The fraction of sp³-hybridized carbons (Fsp3) is 0.360. The summed E-state index contributed by atoms with van der Waals surface area (Å²) in [6.45, 7) is 1.07. The molecule has 0 aliphatic carbocycles. The van der Waals surface area contributed by atoms with E-state index < -0.39 is 35.6 Å². The number of piperidine rings is 1. The molecule has 2 aliphatic heterocycles. The lowest BCUT2D eigenvalue weighted by molar-refractivity contribution is -0.143. The van der Waals surface area contributed by atoms with Gasteiger partial charge in [-0.25, -0.2) is 0 Å². The van der Waals surface area contributed by atoms with Gasteiger partial charge >= 0.3 is 12.4 Å². The number of carbonyl (C=O) groups excluding carboxylic acids is 1. The van der Waals surface area contributed by atoms with Crippen LogP contribution in [0.15, 0.2) is 46.3 Å². The number of amidine groups is 1. The number of likely N-dealkylation sites (tertiary alicyclic amines) is 1. The molecule has 0 unspecified atom stereocenters. The van der Waals surface area contributed by atoms with Gasteiger partial charge in [-0.05, 0) is 61.4 Å². The van der Waals surface area contributed by atoms with Crippen molar-refractivity contribution in [3.63, 3.8) is 0 Å². The monoisotopic (exact) mass is 544 g/mol.